The highest BCUT2D eigenvalue weighted by molar-refractivity contribution is 5.98. The molecule has 1 fully saturated rings. The summed E-state index contributed by atoms with van der Waals surface area (Å²) in [7, 11) is 0. The molecule has 1 aliphatic heterocycles. The van der Waals surface area contributed by atoms with E-state index < -0.39 is 102 Å². The van der Waals surface area contributed by atoms with Gasteiger partial charge in [0.2, 0.25) is 53.2 Å². The van der Waals surface area contributed by atoms with Crippen molar-refractivity contribution in [2.24, 2.45) is 34.8 Å². The minimum absolute atomic E-state index is 0.00598. The first-order valence-corrected chi connectivity index (χ1v) is 24.9. The van der Waals surface area contributed by atoms with Crippen LogP contribution < -0.4 is 70.8 Å². The van der Waals surface area contributed by atoms with Gasteiger partial charge >= 0.3 is 0 Å². The minimum Gasteiger partial charge on any atom is -0.391 e. The third-order valence-corrected chi connectivity index (χ3v) is 11.5. The Hall–Kier alpha value is -4.97. The van der Waals surface area contributed by atoms with Gasteiger partial charge in [-0.15, -0.1) is 0 Å². The number of rotatable bonds is 24. The van der Waals surface area contributed by atoms with Crippen LogP contribution in [0.2, 0.25) is 0 Å². The Labute approximate surface area is 408 Å². The van der Waals surface area contributed by atoms with E-state index in [0.29, 0.717) is 6.42 Å². The van der Waals surface area contributed by atoms with Crippen molar-refractivity contribution in [2.45, 2.75) is 192 Å². The van der Waals surface area contributed by atoms with Gasteiger partial charge in [-0.3, -0.25) is 43.2 Å². The van der Waals surface area contributed by atoms with Crippen molar-refractivity contribution in [3.63, 3.8) is 0 Å². The molecule has 0 aliphatic carbocycles. The van der Waals surface area contributed by atoms with E-state index >= 15 is 0 Å². The highest BCUT2D eigenvalue weighted by atomic mass is 16.3. The SMILES string of the molecule is CCCCCCCCCC(=O)N[C@H](CCN)C(=O)N[C@H]1CCNC(=O)[C@H]([C@@H](C)O)NC(=O)[C@H](CCN)NC(=O)[C@H](CCN)NC(=O)[C@H](CC(C)C)NC(=O)[C@H](CC(C)C)NC(=O)[C@H](CCN)NC1=O. The second kappa shape index (κ2) is 34.3. The Bertz CT molecular complexity index is 1640. The van der Waals surface area contributed by atoms with Crippen LogP contribution in [0.1, 0.15) is 138 Å². The molecule has 0 aromatic rings. The van der Waals surface area contributed by atoms with Crippen LogP contribution >= 0.6 is 0 Å². The molecule has 0 aromatic carbocycles. The summed E-state index contributed by atoms with van der Waals surface area (Å²) in [5.41, 5.74) is 23.4. The van der Waals surface area contributed by atoms with Crippen molar-refractivity contribution in [1.29, 1.82) is 0 Å². The molecule has 396 valence electrons. The summed E-state index contributed by atoms with van der Waals surface area (Å²) in [5.74, 6) is -7.16. The van der Waals surface area contributed by atoms with Gasteiger partial charge in [0.1, 0.15) is 48.3 Å². The zero-order valence-corrected chi connectivity index (χ0v) is 41.9. The smallest absolute Gasteiger partial charge is 0.245 e. The standard InChI is InChI=1S/C46H87N13O10/c1-7-8-9-10-11-12-13-14-37(61)52-30(15-20-47)39(62)56-34-19-24-51-46(69)38(29(6)60)59-43(66)33(18-23-50)54-40(63)31(16-21-48)55-44(67)35(25-27(2)3)58-45(68)36(26-28(4)5)57-41(64)32(17-22-49)53-42(34)65/h27-36,38,60H,7-26,47-50H2,1-6H3,(H,51,69)(H,52,61)(H,53,65)(H,54,63)(H,55,67)(H,56,62)(H,57,64)(H,58,68)(H,59,66)/t29-,30-,31+,32+,33+,34+,35+,36+,38+/m1/s1. The van der Waals surface area contributed by atoms with Gasteiger partial charge in [-0.25, -0.2) is 0 Å². The Morgan fingerprint density at radius 2 is 1.00 bits per heavy atom. The number of aliphatic hydroxyl groups is 1. The number of carbonyl (C=O) groups excluding carboxylic acids is 9. The maximum atomic E-state index is 14.2. The van der Waals surface area contributed by atoms with Crippen LogP contribution in [0.25, 0.3) is 0 Å². The lowest BCUT2D eigenvalue weighted by Crippen LogP contribution is -2.61. The van der Waals surface area contributed by atoms with Gasteiger partial charge < -0.3 is 75.9 Å². The minimum atomic E-state index is -1.59. The number of carbonyl (C=O) groups is 9. The van der Waals surface area contributed by atoms with Crippen LogP contribution in [-0.2, 0) is 43.2 Å². The molecule has 1 aliphatic rings. The van der Waals surface area contributed by atoms with Crippen LogP contribution in [0.15, 0.2) is 0 Å². The number of hydrogen-bond donors (Lipinski definition) is 14. The number of nitrogens with two attached hydrogens (primary N) is 4. The molecular formula is C46H87N13O10. The van der Waals surface area contributed by atoms with Crippen molar-refractivity contribution < 1.29 is 48.3 Å². The first-order valence-electron chi connectivity index (χ1n) is 24.9. The number of aliphatic hydroxyl groups excluding tert-OH is 1. The molecular weight excluding hydrogens is 895 g/mol. The third-order valence-electron chi connectivity index (χ3n) is 11.5. The predicted molar refractivity (Wildman–Crippen MR) is 261 cm³/mol. The third kappa shape index (κ3) is 24.4. The lowest BCUT2D eigenvalue weighted by molar-refractivity contribution is -0.136. The molecule has 23 heteroatoms. The Kier molecular flexibility index (Phi) is 30.9. The van der Waals surface area contributed by atoms with E-state index in [9.17, 15) is 48.3 Å². The quantitative estimate of drug-likeness (QED) is 0.0441. The predicted octanol–water partition coefficient (Wildman–Crippen LogP) is -2.61. The van der Waals surface area contributed by atoms with Crippen molar-refractivity contribution in [1.82, 2.24) is 47.9 Å². The first kappa shape index (κ1) is 62.0. The zero-order chi connectivity index (χ0) is 52.1. The van der Waals surface area contributed by atoms with E-state index in [2.05, 4.69) is 54.8 Å². The Morgan fingerprint density at radius 1 is 0.580 bits per heavy atom. The molecule has 0 saturated carbocycles. The van der Waals surface area contributed by atoms with E-state index in [0.717, 1.165) is 38.5 Å². The monoisotopic (exact) mass is 982 g/mol. The van der Waals surface area contributed by atoms with Gasteiger partial charge in [-0.1, -0.05) is 73.1 Å². The largest absolute Gasteiger partial charge is 0.391 e. The van der Waals surface area contributed by atoms with Crippen LogP contribution in [-0.4, -0.2) is 145 Å². The van der Waals surface area contributed by atoms with Gasteiger partial charge in [0.25, 0.3) is 0 Å². The summed E-state index contributed by atoms with van der Waals surface area (Å²) in [4.78, 5) is 124. The molecule has 0 bridgehead atoms. The molecule has 0 radical (unpaired) electrons. The van der Waals surface area contributed by atoms with E-state index in [1.54, 1.807) is 0 Å². The highest BCUT2D eigenvalue weighted by Gasteiger charge is 2.36. The van der Waals surface area contributed by atoms with E-state index in [1.807, 2.05) is 27.7 Å². The topological polar surface area (TPSA) is 386 Å². The molecule has 1 heterocycles. The summed E-state index contributed by atoms with van der Waals surface area (Å²) < 4.78 is 0. The maximum absolute atomic E-state index is 14.2. The first-order chi connectivity index (χ1) is 32.7. The molecule has 69 heavy (non-hydrogen) atoms. The molecule has 18 N–H and O–H groups in total. The van der Waals surface area contributed by atoms with Gasteiger partial charge in [0.15, 0.2) is 0 Å². The highest BCUT2D eigenvalue weighted by Crippen LogP contribution is 2.12. The van der Waals surface area contributed by atoms with Crippen molar-refractivity contribution in [3.05, 3.63) is 0 Å². The van der Waals surface area contributed by atoms with Crippen LogP contribution in [0.3, 0.4) is 0 Å². The summed E-state index contributed by atoms with van der Waals surface area (Å²) in [6, 6.07) is -10.6. The summed E-state index contributed by atoms with van der Waals surface area (Å²) in [5, 5.41) is 34.2. The molecule has 1 saturated heterocycles. The van der Waals surface area contributed by atoms with E-state index in [4.69, 9.17) is 22.9 Å². The number of unbranched alkanes of at least 4 members (excludes halogenated alkanes) is 6. The summed E-state index contributed by atoms with van der Waals surface area (Å²) in [6.07, 6.45) is 5.24. The number of hydrogen-bond acceptors (Lipinski definition) is 14. The van der Waals surface area contributed by atoms with Crippen molar-refractivity contribution in [2.75, 3.05) is 32.7 Å². The summed E-state index contributed by atoms with van der Waals surface area (Å²) in [6.45, 7) is 10.1. The molecule has 0 spiro atoms. The fourth-order valence-electron chi connectivity index (χ4n) is 7.67. The molecule has 9 atom stereocenters. The Morgan fingerprint density at radius 3 is 1.43 bits per heavy atom. The maximum Gasteiger partial charge on any atom is 0.245 e. The van der Waals surface area contributed by atoms with Crippen molar-refractivity contribution >= 4 is 53.2 Å². The van der Waals surface area contributed by atoms with E-state index in [1.165, 1.54) is 6.92 Å². The number of amides is 9. The normalized spacial score (nSPS) is 23.9. The van der Waals surface area contributed by atoms with Gasteiger partial charge in [0, 0.05) is 13.0 Å². The zero-order valence-electron chi connectivity index (χ0n) is 41.9. The average Bonchev–Trinajstić information content (AvgIpc) is 3.27. The molecule has 9 amide bonds. The van der Waals surface area contributed by atoms with Crippen LogP contribution in [0.5, 0.6) is 0 Å². The number of nitrogens with one attached hydrogen (secondary N) is 9. The average molecular weight is 982 g/mol. The summed E-state index contributed by atoms with van der Waals surface area (Å²) >= 11 is 0. The van der Waals surface area contributed by atoms with E-state index in [-0.39, 0.29) is 102 Å². The fraction of sp³-hybridized carbons (Fsp3) is 0.804. The lowest BCUT2D eigenvalue weighted by Gasteiger charge is -2.29. The lowest BCUT2D eigenvalue weighted by atomic mass is 9.99. The van der Waals surface area contributed by atoms with Gasteiger partial charge in [-0.2, -0.15) is 0 Å². The van der Waals surface area contributed by atoms with Gasteiger partial charge in [-0.05, 0) is 96.3 Å². The molecule has 0 unspecified atom stereocenters. The van der Waals surface area contributed by atoms with Crippen LogP contribution in [0.4, 0.5) is 0 Å². The second-order valence-corrected chi connectivity index (χ2v) is 18.7. The molecule has 1 rings (SSSR count). The second-order valence-electron chi connectivity index (χ2n) is 18.7. The molecule has 23 nitrogen and oxygen atoms in total. The molecule has 0 aromatic heterocycles. The Balaban J connectivity index is 3.75. The fourth-order valence-corrected chi connectivity index (χ4v) is 7.67. The van der Waals surface area contributed by atoms with Crippen LogP contribution in [0, 0.1) is 11.8 Å². The van der Waals surface area contributed by atoms with Gasteiger partial charge in [0.05, 0.1) is 6.10 Å². The van der Waals surface area contributed by atoms with Crippen molar-refractivity contribution in [3.8, 4) is 0 Å².